The minimum atomic E-state index is -0.979. The van der Waals surface area contributed by atoms with Crippen LogP contribution in [-0.2, 0) is 14.3 Å². The predicted octanol–water partition coefficient (Wildman–Crippen LogP) is 2.80. The van der Waals surface area contributed by atoms with E-state index in [1.54, 1.807) is 49.4 Å². The van der Waals surface area contributed by atoms with Crippen LogP contribution >= 0.6 is 0 Å². The highest BCUT2D eigenvalue weighted by molar-refractivity contribution is 5.95. The number of benzene rings is 2. The van der Waals surface area contributed by atoms with Gasteiger partial charge in [-0.25, -0.2) is 4.79 Å². The van der Waals surface area contributed by atoms with Crippen LogP contribution in [0.25, 0.3) is 0 Å². The van der Waals surface area contributed by atoms with Crippen molar-refractivity contribution in [3.63, 3.8) is 0 Å². The summed E-state index contributed by atoms with van der Waals surface area (Å²) in [6.45, 7) is 4.02. The summed E-state index contributed by atoms with van der Waals surface area (Å²) >= 11 is 0. The summed E-state index contributed by atoms with van der Waals surface area (Å²) < 4.78 is 21.6. The van der Waals surface area contributed by atoms with E-state index in [4.69, 9.17) is 18.9 Å². The van der Waals surface area contributed by atoms with Gasteiger partial charge in [0.15, 0.2) is 23.7 Å². The predicted molar refractivity (Wildman–Crippen MR) is 98.1 cm³/mol. The van der Waals surface area contributed by atoms with E-state index >= 15 is 0 Å². The second-order valence-electron chi connectivity index (χ2n) is 6.00. The van der Waals surface area contributed by atoms with Crippen molar-refractivity contribution in [2.24, 2.45) is 0 Å². The number of nitrogens with one attached hydrogen (secondary N) is 1. The monoisotopic (exact) mass is 371 g/mol. The molecular formula is C20H21NO6. The number of hydrogen-bond acceptors (Lipinski definition) is 6. The minimum Gasteiger partial charge on any atom is -0.486 e. The van der Waals surface area contributed by atoms with Gasteiger partial charge in [0.1, 0.15) is 19.0 Å². The average molecular weight is 371 g/mol. The number of carbonyl (C=O) groups excluding carboxylic acids is 2. The molecule has 0 saturated carbocycles. The largest absolute Gasteiger partial charge is 0.486 e. The maximum absolute atomic E-state index is 12.3. The maximum atomic E-state index is 12.3. The number of fused-ring (bicyclic) bond motifs is 1. The fourth-order valence-electron chi connectivity index (χ4n) is 2.44. The summed E-state index contributed by atoms with van der Waals surface area (Å²) in [6.07, 6.45) is -1.82. The molecule has 0 spiro atoms. The highest BCUT2D eigenvalue weighted by atomic mass is 16.6. The zero-order valence-electron chi connectivity index (χ0n) is 15.1. The van der Waals surface area contributed by atoms with Crippen molar-refractivity contribution in [3.8, 4) is 17.2 Å². The van der Waals surface area contributed by atoms with Crippen molar-refractivity contribution in [2.45, 2.75) is 26.1 Å². The maximum Gasteiger partial charge on any atom is 0.347 e. The second-order valence-corrected chi connectivity index (χ2v) is 6.00. The van der Waals surface area contributed by atoms with Crippen molar-refractivity contribution < 1.29 is 28.5 Å². The van der Waals surface area contributed by atoms with Crippen LogP contribution in [-0.4, -0.2) is 37.3 Å². The first kappa shape index (κ1) is 18.6. The number of para-hydroxylation sites is 1. The molecule has 2 atom stereocenters. The number of anilines is 1. The van der Waals surface area contributed by atoms with E-state index in [1.165, 1.54) is 6.92 Å². The third-order valence-electron chi connectivity index (χ3n) is 3.86. The fraction of sp³-hybridized carbons (Fsp3) is 0.300. The first-order chi connectivity index (χ1) is 13.0. The average Bonchev–Trinajstić information content (AvgIpc) is 2.68. The van der Waals surface area contributed by atoms with Crippen LogP contribution in [0.1, 0.15) is 13.8 Å². The van der Waals surface area contributed by atoms with Gasteiger partial charge in [-0.2, -0.15) is 0 Å². The lowest BCUT2D eigenvalue weighted by Gasteiger charge is -2.20. The van der Waals surface area contributed by atoms with E-state index in [0.29, 0.717) is 36.1 Å². The fourth-order valence-corrected chi connectivity index (χ4v) is 2.44. The normalized spacial score (nSPS) is 14.6. The Morgan fingerprint density at radius 1 is 0.963 bits per heavy atom. The van der Waals surface area contributed by atoms with Crippen LogP contribution < -0.4 is 19.5 Å². The van der Waals surface area contributed by atoms with E-state index in [0.717, 1.165) is 0 Å². The number of esters is 1. The quantitative estimate of drug-likeness (QED) is 0.786. The number of carbonyl (C=O) groups is 2. The Labute approximate surface area is 157 Å². The molecule has 0 bridgehead atoms. The smallest absolute Gasteiger partial charge is 0.347 e. The van der Waals surface area contributed by atoms with Crippen LogP contribution in [0.15, 0.2) is 48.5 Å². The molecule has 2 unspecified atom stereocenters. The van der Waals surface area contributed by atoms with Crippen molar-refractivity contribution in [3.05, 3.63) is 48.5 Å². The summed E-state index contributed by atoms with van der Waals surface area (Å²) in [5, 5.41) is 2.69. The van der Waals surface area contributed by atoms with Crippen molar-refractivity contribution in [1.82, 2.24) is 0 Å². The number of hydrogen-bond donors (Lipinski definition) is 1. The second kappa shape index (κ2) is 8.44. The van der Waals surface area contributed by atoms with Crippen LogP contribution in [0.5, 0.6) is 17.2 Å². The van der Waals surface area contributed by atoms with Gasteiger partial charge in [0.05, 0.1) is 0 Å². The molecule has 0 saturated heterocycles. The molecule has 7 heteroatoms. The van der Waals surface area contributed by atoms with E-state index in [1.807, 2.05) is 6.07 Å². The summed E-state index contributed by atoms with van der Waals surface area (Å²) in [4.78, 5) is 24.4. The Kier molecular flexibility index (Phi) is 5.80. The van der Waals surface area contributed by atoms with Gasteiger partial charge in [-0.1, -0.05) is 18.2 Å². The van der Waals surface area contributed by atoms with Gasteiger partial charge in [-0.15, -0.1) is 0 Å². The molecule has 1 heterocycles. The van der Waals surface area contributed by atoms with Crippen LogP contribution in [0.3, 0.4) is 0 Å². The van der Waals surface area contributed by atoms with Crippen molar-refractivity contribution in [1.29, 1.82) is 0 Å². The zero-order chi connectivity index (χ0) is 19.2. The van der Waals surface area contributed by atoms with Crippen LogP contribution in [0.4, 0.5) is 5.69 Å². The molecule has 1 aliphatic rings. The summed E-state index contributed by atoms with van der Waals surface area (Å²) in [6, 6.07) is 14.0. The molecule has 1 aliphatic heterocycles. The molecule has 142 valence electrons. The molecule has 3 rings (SSSR count). The summed E-state index contributed by atoms with van der Waals surface area (Å²) in [7, 11) is 0. The molecule has 27 heavy (non-hydrogen) atoms. The van der Waals surface area contributed by atoms with Gasteiger partial charge in [0, 0.05) is 11.8 Å². The van der Waals surface area contributed by atoms with Gasteiger partial charge in [-0.3, -0.25) is 4.79 Å². The highest BCUT2D eigenvalue weighted by Crippen LogP contribution is 2.32. The Hall–Kier alpha value is -3.22. The topological polar surface area (TPSA) is 83.1 Å². The molecule has 7 nitrogen and oxygen atoms in total. The lowest BCUT2D eigenvalue weighted by atomic mass is 10.2. The lowest BCUT2D eigenvalue weighted by molar-refractivity contribution is -0.159. The summed E-state index contributed by atoms with van der Waals surface area (Å²) in [5.41, 5.74) is 0.528. The first-order valence-electron chi connectivity index (χ1n) is 8.65. The van der Waals surface area contributed by atoms with Gasteiger partial charge in [-0.05, 0) is 38.1 Å². The van der Waals surface area contributed by atoms with Crippen LogP contribution in [0.2, 0.25) is 0 Å². The molecule has 1 amide bonds. The number of ether oxygens (including phenoxy) is 4. The molecule has 1 N–H and O–H groups in total. The summed E-state index contributed by atoms with van der Waals surface area (Å²) in [5.74, 6) is 0.671. The van der Waals surface area contributed by atoms with Gasteiger partial charge >= 0.3 is 5.97 Å². The molecule has 0 aromatic heterocycles. The minimum absolute atomic E-state index is 0.452. The van der Waals surface area contributed by atoms with Crippen molar-refractivity contribution in [2.75, 3.05) is 18.5 Å². The van der Waals surface area contributed by atoms with E-state index < -0.39 is 24.1 Å². The van der Waals surface area contributed by atoms with Crippen molar-refractivity contribution >= 4 is 17.6 Å². The van der Waals surface area contributed by atoms with E-state index in [9.17, 15) is 9.59 Å². The van der Waals surface area contributed by atoms with Crippen LogP contribution in [0, 0.1) is 0 Å². The number of rotatable bonds is 6. The van der Waals surface area contributed by atoms with Gasteiger partial charge < -0.3 is 24.3 Å². The Morgan fingerprint density at radius 2 is 1.67 bits per heavy atom. The molecule has 2 aromatic rings. The van der Waals surface area contributed by atoms with E-state index in [-0.39, 0.29) is 0 Å². The van der Waals surface area contributed by atoms with Gasteiger partial charge in [0.2, 0.25) is 0 Å². The zero-order valence-corrected chi connectivity index (χ0v) is 15.1. The Balaban J connectivity index is 1.53. The molecule has 0 radical (unpaired) electrons. The number of amides is 1. The first-order valence-corrected chi connectivity index (χ1v) is 8.65. The molecule has 0 fully saturated rings. The SMILES string of the molecule is CC(OC(=O)C(C)Oc1ccccc1)C(=O)Nc1ccc2c(c1)OCCO2. The molecular weight excluding hydrogens is 350 g/mol. The molecule has 2 aromatic carbocycles. The third kappa shape index (κ3) is 4.91. The standard InChI is InChI=1S/C20H21NO6/c1-13(27-20(23)14(2)26-16-6-4-3-5-7-16)19(22)21-15-8-9-17-18(12-15)25-11-10-24-17/h3-9,12-14H,10-11H2,1-2H3,(H,21,22). The molecule has 0 aliphatic carbocycles. The third-order valence-corrected chi connectivity index (χ3v) is 3.86. The highest BCUT2D eigenvalue weighted by Gasteiger charge is 2.23. The Morgan fingerprint density at radius 3 is 2.41 bits per heavy atom. The van der Waals surface area contributed by atoms with E-state index in [2.05, 4.69) is 5.32 Å². The Bertz CT molecular complexity index is 807. The van der Waals surface area contributed by atoms with Gasteiger partial charge in [0.25, 0.3) is 5.91 Å². The lowest BCUT2D eigenvalue weighted by Crippen LogP contribution is -2.35.